The molecule has 2 bridgehead atoms. The zero-order valence-electron chi connectivity index (χ0n) is 16.2. The van der Waals surface area contributed by atoms with Gasteiger partial charge in [0.05, 0.1) is 0 Å². The molecule has 152 valence electrons. The van der Waals surface area contributed by atoms with Gasteiger partial charge in [-0.1, -0.05) is 12.1 Å². The summed E-state index contributed by atoms with van der Waals surface area (Å²) < 4.78 is 0. The molecule has 3 N–H and O–H groups in total. The van der Waals surface area contributed by atoms with E-state index in [-0.39, 0.29) is 52.6 Å². The predicted octanol–water partition coefficient (Wildman–Crippen LogP) is 3.26. The molecule has 4 unspecified atom stereocenters. The second-order valence-electron chi connectivity index (χ2n) is 8.14. The van der Waals surface area contributed by atoms with Crippen molar-refractivity contribution < 1.29 is 20.1 Å². The van der Waals surface area contributed by atoms with E-state index in [1.54, 1.807) is 12.1 Å². The van der Waals surface area contributed by atoms with Crippen molar-refractivity contribution in [3.05, 3.63) is 52.4 Å². The highest BCUT2D eigenvalue weighted by molar-refractivity contribution is 5.86. The molecule has 0 radical (unpaired) electrons. The molecule has 2 aliphatic rings. The fourth-order valence-electron chi connectivity index (χ4n) is 5.07. The zero-order valence-corrected chi connectivity index (χ0v) is 16.2. The average Bonchev–Trinajstić information content (AvgIpc) is 3.01. The number of nitrogens with zero attached hydrogens (tertiary/aromatic N) is 2. The number of hydrogen-bond donors (Lipinski definition) is 3. The molecule has 0 aromatic heterocycles. The zero-order chi connectivity index (χ0) is 20.7. The summed E-state index contributed by atoms with van der Waals surface area (Å²) in [6, 6.07) is 9.74. The highest BCUT2D eigenvalue weighted by atomic mass is 16.3. The maximum Gasteiger partial charge on any atom is 0.157 e. The van der Waals surface area contributed by atoms with Crippen LogP contribution in [0.4, 0.5) is 5.69 Å². The van der Waals surface area contributed by atoms with E-state index in [2.05, 4.69) is 17.1 Å². The number of phenolic OH excluding ortho intramolecular Hbond substituents is 3. The maximum atomic E-state index is 13.4. The normalized spacial score (nSPS) is 26.6. The van der Waals surface area contributed by atoms with Crippen molar-refractivity contribution >= 4 is 11.5 Å². The van der Waals surface area contributed by atoms with Crippen molar-refractivity contribution in [2.75, 3.05) is 7.05 Å². The molecule has 2 heterocycles. The van der Waals surface area contributed by atoms with E-state index in [4.69, 9.17) is 0 Å². The largest absolute Gasteiger partial charge is 0.506 e. The van der Waals surface area contributed by atoms with Gasteiger partial charge in [0.2, 0.25) is 0 Å². The van der Waals surface area contributed by atoms with Gasteiger partial charge >= 0.3 is 0 Å². The molecule has 2 aliphatic heterocycles. The van der Waals surface area contributed by atoms with Gasteiger partial charge in [-0.25, -0.2) is 0 Å². The lowest BCUT2D eigenvalue weighted by molar-refractivity contribution is -0.134. The van der Waals surface area contributed by atoms with E-state index in [1.165, 1.54) is 24.3 Å². The van der Waals surface area contributed by atoms with Crippen molar-refractivity contribution in [3.63, 3.8) is 0 Å². The SMILES string of the molecule is CN1C2CCC1C(Cc1ccc(N=O)c(O)c1)C(=O)C2Cc1ccc(O)c(O)c1. The van der Waals surface area contributed by atoms with Crippen LogP contribution in [0.1, 0.15) is 24.0 Å². The first kappa shape index (κ1) is 19.4. The van der Waals surface area contributed by atoms with E-state index < -0.39 is 0 Å². The molecule has 2 aromatic carbocycles. The van der Waals surface area contributed by atoms with Gasteiger partial charge in [0.25, 0.3) is 0 Å². The summed E-state index contributed by atoms with van der Waals surface area (Å²) in [6.45, 7) is 0. The Kier molecular flexibility index (Phi) is 5.00. The Morgan fingerprint density at radius 3 is 1.97 bits per heavy atom. The first-order valence-electron chi connectivity index (χ1n) is 9.80. The molecule has 4 atom stereocenters. The van der Waals surface area contributed by atoms with Gasteiger partial charge in [0.15, 0.2) is 11.5 Å². The molecule has 0 spiro atoms. The highest BCUT2D eigenvalue weighted by Crippen LogP contribution is 2.42. The molecule has 0 amide bonds. The molecule has 2 fully saturated rings. The number of carbonyl (C=O) groups is 1. The Morgan fingerprint density at radius 1 is 0.897 bits per heavy atom. The van der Waals surface area contributed by atoms with Crippen LogP contribution < -0.4 is 0 Å². The van der Waals surface area contributed by atoms with Crippen LogP contribution in [-0.4, -0.2) is 45.1 Å². The summed E-state index contributed by atoms with van der Waals surface area (Å²) in [7, 11) is 2.06. The van der Waals surface area contributed by atoms with E-state index in [9.17, 15) is 25.0 Å². The van der Waals surface area contributed by atoms with Crippen LogP contribution >= 0.6 is 0 Å². The minimum Gasteiger partial charge on any atom is -0.506 e. The number of benzene rings is 2. The number of carbonyl (C=O) groups excluding carboxylic acids is 1. The Bertz CT molecular complexity index is 960. The van der Waals surface area contributed by atoms with Crippen LogP contribution in [0, 0.1) is 16.7 Å². The van der Waals surface area contributed by atoms with Crippen LogP contribution in [0.5, 0.6) is 17.2 Å². The lowest BCUT2D eigenvalue weighted by Gasteiger charge is -2.41. The fourth-order valence-corrected chi connectivity index (χ4v) is 5.07. The monoisotopic (exact) mass is 396 g/mol. The topological polar surface area (TPSA) is 110 Å². The van der Waals surface area contributed by atoms with Gasteiger partial charge < -0.3 is 15.3 Å². The van der Waals surface area contributed by atoms with Gasteiger partial charge in [-0.05, 0) is 73.3 Å². The predicted molar refractivity (Wildman–Crippen MR) is 107 cm³/mol. The van der Waals surface area contributed by atoms with Crippen molar-refractivity contribution in [1.29, 1.82) is 0 Å². The van der Waals surface area contributed by atoms with Gasteiger partial charge in [-0.3, -0.25) is 9.69 Å². The lowest BCUT2D eigenvalue weighted by Crippen LogP contribution is -2.53. The molecule has 7 heteroatoms. The third kappa shape index (κ3) is 3.46. The van der Waals surface area contributed by atoms with Crippen LogP contribution in [0.15, 0.2) is 41.6 Å². The Hall–Kier alpha value is -2.93. The van der Waals surface area contributed by atoms with E-state index in [1.807, 2.05) is 0 Å². The summed E-state index contributed by atoms with van der Waals surface area (Å²) in [6.07, 6.45) is 2.88. The van der Waals surface area contributed by atoms with Crippen LogP contribution in [-0.2, 0) is 17.6 Å². The minimum atomic E-state index is -0.205. The second kappa shape index (κ2) is 7.48. The number of aromatic hydroxyl groups is 3. The lowest BCUT2D eigenvalue weighted by atomic mass is 9.76. The first-order chi connectivity index (χ1) is 13.9. The van der Waals surface area contributed by atoms with Crippen LogP contribution in [0.25, 0.3) is 0 Å². The van der Waals surface area contributed by atoms with E-state index in [0.717, 1.165) is 24.0 Å². The Morgan fingerprint density at radius 2 is 1.45 bits per heavy atom. The van der Waals surface area contributed by atoms with Gasteiger partial charge in [0.1, 0.15) is 17.2 Å². The molecular formula is C22H24N2O5. The molecule has 2 aromatic rings. The number of hydrogen-bond acceptors (Lipinski definition) is 7. The van der Waals surface area contributed by atoms with E-state index >= 15 is 0 Å². The second-order valence-corrected chi connectivity index (χ2v) is 8.14. The first-order valence-corrected chi connectivity index (χ1v) is 9.80. The number of rotatable bonds is 5. The number of nitroso groups, excluding NO2 is 1. The summed E-state index contributed by atoms with van der Waals surface area (Å²) in [4.78, 5) is 26.4. The number of ketones is 1. The van der Waals surface area contributed by atoms with Gasteiger partial charge in [-0.2, -0.15) is 0 Å². The van der Waals surface area contributed by atoms with Crippen LogP contribution in [0.3, 0.4) is 0 Å². The van der Waals surface area contributed by atoms with Gasteiger partial charge in [-0.15, -0.1) is 4.91 Å². The van der Waals surface area contributed by atoms with Crippen molar-refractivity contribution in [3.8, 4) is 17.2 Å². The fraction of sp³-hybridized carbons (Fsp3) is 0.409. The average molecular weight is 396 g/mol. The molecule has 29 heavy (non-hydrogen) atoms. The quantitative estimate of drug-likeness (QED) is 0.528. The maximum absolute atomic E-state index is 13.4. The minimum absolute atomic E-state index is 0.00761. The van der Waals surface area contributed by atoms with Crippen molar-refractivity contribution in [2.45, 2.75) is 37.8 Å². The molecular weight excluding hydrogens is 372 g/mol. The number of fused-ring (bicyclic) bond motifs is 2. The third-order valence-electron chi connectivity index (χ3n) is 6.55. The van der Waals surface area contributed by atoms with Crippen molar-refractivity contribution in [2.24, 2.45) is 17.0 Å². The van der Waals surface area contributed by atoms with Crippen molar-refractivity contribution in [1.82, 2.24) is 4.90 Å². The highest BCUT2D eigenvalue weighted by Gasteiger charge is 2.50. The molecule has 7 nitrogen and oxygen atoms in total. The van der Waals surface area contributed by atoms with Gasteiger partial charge in [0, 0.05) is 23.9 Å². The number of phenols is 3. The number of piperidine rings is 1. The molecule has 0 aliphatic carbocycles. The summed E-state index contributed by atoms with van der Waals surface area (Å²) in [5.41, 5.74) is 1.61. The Labute approximate surface area is 168 Å². The third-order valence-corrected chi connectivity index (χ3v) is 6.55. The standard InChI is InChI=1S/C22H24N2O5/c1-24-17-5-6-18(24)15(9-13-3-7-19(25)21(27)11-13)22(28)14(17)8-12-2-4-16(23-29)20(26)10-12/h2-4,7,10-11,14-15,17-18,25-27H,5-6,8-9H2,1H3. The van der Waals surface area contributed by atoms with Crippen LogP contribution in [0.2, 0.25) is 0 Å². The molecule has 0 saturated carbocycles. The smallest absolute Gasteiger partial charge is 0.157 e. The summed E-state index contributed by atoms with van der Waals surface area (Å²) >= 11 is 0. The molecule has 4 rings (SSSR count). The summed E-state index contributed by atoms with van der Waals surface area (Å²) in [5.74, 6) is -0.733. The van der Waals surface area contributed by atoms with E-state index in [0.29, 0.717) is 12.8 Å². The Balaban J connectivity index is 1.59. The number of Topliss-reactive ketones (excluding diaryl/α,β-unsaturated/α-hetero) is 1. The summed E-state index contributed by atoms with van der Waals surface area (Å²) in [5, 5.41) is 32.1. The molecule has 2 saturated heterocycles.